The summed E-state index contributed by atoms with van der Waals surface area (Å²) in [6.45, 7) is 2.16. The molecule has 3 fully saturated rings. The summed E-state index contributed by atoms with van der Waals surface area (Å²) in [5, 5.41) is 3.67. The fraction of sp³-hybridized carbons (Fsp3) is 0.944. The van der Waals surface area contributed by atoms with Crippen LogP contribution in [0.4, 0.5) is 0 Å². The second-order valence-corrected chi connectivity index (χ2v) is 7.85. The van der Waals surface area contributed by atoms with Gasteiger partial charge < -0.3 is 10.2 Å². The van der Waals surface area contributed by atoms with E-state index in [9.17, 15) is 4.79 Å². The Labute approximate surface area is 142 Å². The van der Waals surface area contributed by atoms with Gasteiger partial charge in [0.25, 0.3) is 0 Å². The summed E-state index contributed by atoms with van der Waals surface area (Å²) in [5.74, 6) is 1.41. The van der Waals surface area contributed by atoms with E-state index in [-0.39, 0.29) is 18.3 Å². The molecule has 2 aliphatic heterocycles. The van der Waals surface area contributed by atoms with E-state index in [4.69, 9.17) is 0 Å². The van der Waals surface area contributed by atoms with Crippen LogP contribution in [-0.4, -0.2) is 36.0 Å². The zero-order chi connectivity index (χ0) is 14.8. The molecule has 2 bridgehead atoms. The van der Waals surface area contributed by atoms with Crippen molar-refractivity contribution in [3.8, 4) is 0 Å². The molecular formula is C18H33ClN2O. The third-order valence-corrected chi connectivity index (χ3v) is 6.18. The highest BCUT2D eigenvalue weighted by Gasteiger charge is 2.37. The SMILES string of the molecule is CC(CC1CCCCC1)C(=O)N(C)C1CC2CCC(C1)N2.Cl. The van der Waals surface area contributed by atoms with E-state index < -0.39 is 0 Å². The number of hydrogen-bond acceptors (Lipinski definition) is 2. The van der Waals surface area contributed by atoms with Gasteiger partial charge in [-0.25, -0.2) is 0 Å². The van der Waals surface area contributed by atoms with Crippen molar-refractivity contribution < 1.29 is 4.79 Å². The van der Waals surface area contributed by atoms with Gasteiger partial charge in [-0.3, -0.25) is 4.79 Å². The van der Waals surface area contributed by atoms with E-state index in [1.54, 1.807) is 0 Å². The molecular weight excluding hydrogens is 296 g/mol. The molecule has 0 radical (unpaired) electrons. The summed E-state index contributed by atoms with van der Waals surface area (Å²) in [7, 11) is 2.05. The molecule has 0 aromatic rings. The minimum atomic E-state index is 0. The molecule has 3 nitrogen and oxygen atoms in total. The Kier molecular flexibility index (Phi) is 6.58. The predicted octanol–water partition coefficient (Wildman–Crippen LogP) is 3.76. The second kappa shape index (κ2) is 8.01. The normalized spacial score (nSPS) is 33.1. The highest BCUT2D eigenvalue weighted by atomic mass is 35.5. The number of hydrogen-bond donors (Lipinski definition) is 1. The van der Waals surface area contributed by atoms with Gasteiger partial charge in [-0.1, -0.05) is 39.0 Å². The number of nitrogens with zero attached hydrogens (tertiary/aromatic N) is 1. The van der Waals surface area contributed by atoms with Crippen LogP contribution in [0.1, 0.15) is 71.1 Å². The third kappa shape index (κ3) is 4.17. The maximum atomic E-state index is 12.8. The molecule has 3 rings (SSSR count). The van der Waals surface area contributed by atoms with E-state index in [1.807, 2.05) is 0 Å². The van der Waals surface area contributed by atoms with Crippen molar-refractivity contribution in [2.45, 2.75) is 89.3 Å². The zero-order valence-corrected chi connectivity index (χ0v) is 15.0. The number of carbonyl (C=O) groups excluding carboxylic acids is 1. The van der Waals surface area contributed by atoms with E-state index in [0.717, 1.165) is 25.2 Å². The van der Waals surface area contributed by atoms with Crippen LogP contribution in [0.3, 0.4) is 0 Å². The van der Waals surface area contributed by atoms with Crippen LogP contribution in [0.2, 0.25) is 0 Å². The number of nitrogens with one attached hydrogen (secondary N) is 1. The summed E-state index contributed by atoms with van der Waals surface area (Å²) in [6.07, 6.45) is 12.9. The van der Waals surface area contributed by atoms with Gasteiger partial charge in [0.1, 0.15) is 0 Å². The van der Waals surface area contributed by atoms with Crippen LogP contribution in [0.5, 0.6) is 0 Å². The lowest BCUT2D eigenvalue weighted by Crippen LogP contribution is -2.50. The molecule has 0 spiro atoms. The third-order valence-electron chi connectivity index (χ3n) is 6.18. The highest BCUT2D eigenvalue weighted by Crippen LogP contribution is 2.32. The van der Waals surface area contributed by atoms with Crippen LogP contribution < -0.4 is 5.32 Å². The summed E-state index contributed by atoms with van der Waals surface area (Å²) >= 11 is 0. The van der Waals surface area contributed by atoms with Crippen LogP contribution in [0, 0.1) is 11.8 Å². The molecule has 22 heavy (non-hydrogen) atoms. The van der Waals surface area contributed by atoms with Crippen molar-refractivity contribution in [3.63, 3.8) is 0 Å². The number of fused-ring (bicyclic) bond motifs is 2. The predicted molar refractivity (Wildman–Crippen MR) is 93.3 cm³/mol. The van der Waals surface area contributed by atoms with Gasteiger partial charge in [-0.2, -0.15) is 0 Å². The summed E-state index contributed by atoms with van der Waals surface area (Å²) in [5.41, 5.74) is 0. The summed E-state index contributed by atoms with van der Waals surface area (Å²) in [6, 6.07) is 1.81. The van der Waals surface area contributed by atoms with Gasteiger partial charge in [0.05, 0.1) is 0 Å². The molecule has 1 aliphatic carbocycles. The molecule has 0 aromatic carbocycles. The maximum absolute atomic E-state index is 12.8. The highest BCUT2D eigenvalue weighted by molar-refractivity contribution is 5.85. The van der Waals surface area contributed by atoms with Gasteiger partial charge in [0.15, 0.2) is 0 Å². The quantitative estimate of drug-likeness (QED) is 0.852. The second-order valence-electron chi connectivity index (χ2n) is 7.85. The van der Waals surface area contributed by atoms with E-state index in [2.05, 4.69) is 24.2 Å². The lowest BCUT2D eigenvalue weighted by Gasteiger charge is -2.37. The van der Waals surface area contributed by atoms with Crippen molar-refractivity contribution in [2.75, 3.05) is 7.05 Å². The standard InChI is InChI=1S/C18H32N2O.ClH/c1-13(10-14-6-4-3-5-7-14)18(21)20(2)17-11-15-8-9-16(12-17)19-15;/h13-17,19H,3-12H2,1-2H3;1H. The van der Waals surface area contributed by atoms with E-state index >= 15 is 0 Å². The van der Waals surface area contributed by atoms with Gasteiger partial charge in [-0.15, -0.1) is 12.4 Å². The number of amides is 1. The minimum Gasteiger partial charge on any atom is -0.342 e. The van der Waals surface area contributed by atoms with Crippen LogP contribution in [0.15, 0.2) is 0 Å². The molecule has 4 heteroatoms. The van der Waals surface area contributed by atoms with Crippen LogP contribution in [-0.2, 0) is 4.79 Å². The van der Waals surface area contributed by atoms with Crippen molar-refractivity contribution >= 4 is 18.3 Å². The van der Waals surface area contributed by atoms with Crippen molar-refractivity contribution in [1.82, 2.24) is 10.2 Å². The number of piperidine rings is 1. The van der Waals surface area contributed by atoms with Crippen LogP contribution >= 0.6 is 12.4 Å². The maximum Gasteiger partial charge on any atom is 0.225 e. The fourth-order valence-electron chi connectivity index (χ4n) is 4.89. The first-order chi connectivity index (χ1) is 10.1. The Bertz CT molecular complexity index is 358. The topological polar surface area (TPSA) is 32.3 Å². The first-order valence-electron chi connectivity index (χ1n) is 9.16. The van der Waals surface area contributed by atoms with Gasteiger partial charge >= 0.3 is 0 Å². The molecule has 2 heterocycles. The molecule has 1 N–H and O–H groups in total. The largest absolute Gasteiger partial charge is 0.342 e. The average Bonchev–Trinajstić information content (AvgIpc) is 2.85. The molecule has 1 amide bonds. The first kappa shape index (κ1) is 18.1. The number of halogens is 1. The fourth-order valence-corrected chi connectivity index (χ4v) is 4.89. The van der Waals surface area contributed by atoms with Crippen molar-refractivity contribution in [2.24, 2.45) is 11.8 Å². The number of carbonyl (C=O) groups is 1. The minimum absolute atomic E-state index is 0. The summed E-state index contributed by atoms with van der Waals surface area (Å²) < 4.78 is 0. The van der Waals surface area contributed by atoms with Crippen LogP contribution in [0.25, 0.3) is 0 Å². The molecule has 1 saturated carbocycles. The van der Waals surface area contributed by atoms with E-state index in [0.29, 0.717) is 24.0 Å². The molecule has 0 aromatic heterocycles. The Balaban J connectivity index is 0.00000176. The Morgan fingerprint density at radius 3 is 2.27 bits per heavy atom. The Hall–Kier alpha value is -0.280. The number of rotatable bonds is 4. The molecule has 3 atom stereocenters. The van der Waals surface area contributed by atoms with Gasteiger partial charge in [0.2, 0.25) is 5.91 Å². The van der Waals surface area contributed by atoms with Crippen molar-refractivity contribution in [1.29, 1.82) is 0 Å². The van der Waals surface area contributed by atoms with E-state index in [1.165, 1.54) is 44.9 Å². The molecule has 128 valence electrons. The first-order valence-corrected chi connectivity index (χ1v) is 9.16. The lowest BCUT2D eigenvalue weighted by atomic mass is 9.82. The molecule has 2 saturated heterocycles. The van der Waals surface area contributed by atoms with Gasteiger partial charge in [0, 0.05) is 31.1 Å². The van der Waals surface area contributed by atoms with Crippen molar-refractivity contribution in [3.05, 3.63) is 0 Å². The Morgan fingerprint density at radius 2 is 1.68 bits per heavy atom. The molecule has 3 aliphatic rings. The average molecular weight is 329 g/mol. The smallest absolute Gasteiger partial charge is 0.225 e. The Morgan fingerprint density at radius 1 is 1.09 bits per heavy atom. The lowest BCUT2D eigenvalue weighted by molar-refractivity contribution is -0.137. The van der Waals surface area contributed by atoms with Gasteiger partial charge in [-0.05, 0) is 38.0 Å². The summed E-state index contributed by atoms with van der Waals surface area (Å²) in [4.78, 5) is 14.9. The molecule has 3 unspecified atom stereocenters. The zero-order valence-electron chi connectivity index (χ0n) is 14.2. The monoisotopic (exact) mass is 328 g/mol.